The van der Waals surface area contributed by atoms with Gasteiger partial charge in [0.2, 0.25) is 0 Å². The Hall–Kier alpha value is -2.76. The Morgan fingerprint density at radius 1 is 1.24 bits per heavy atom. The number of hydrogen-bond acceptors (Lipinski definition) is 3. The van der Waals surface area contributed by atoms with Crippen LogP contribution in [-0.4, -0.2) is 28.5 Å². The van der Waals surface area contributed by atoms with E-state index in [-0.39, 0.29) is 17.2 Å². The first-order valence-corrected chi connectivity index (χ1v) is 6.36. The van der Waals surface area contributed by atoms with Crippen LogP contribution in [-0.2, 0) is 6.42 Å². The number of anilines is 1. The summed E-state index contributed by atoms with van der Waals surface area (Å²) >= 11 is 0. The lowest BCUT2D eigenvalue weighted by atomic mass is 10.1. The minimum atomic E-state index is -1.10. The first-order chi connectivity index (χ1) is 10.1. The van der Waals surface area contributed by atoms with Crippen molar-refractivity contribution in [3.8, 4) is 0 Å². The largest absolute Gasteiger partial charge is 0.478 e. The van der Waals surface area contributed by atoms with Crippen molar-refractivity contribution in [1.29, 1.82) is 0 Å². The topological polar surface area (TPSA) is 70.5 Å². The summed E-state index contributed by atoms with van der Waals surface area (Å²) < 4.78 is 13.3. The number of carbonyl (C=O) groups excluding carboxylic acids is 1. The molecule has 1 aromatic heterocycles. The number of fused-ring (bicyclic) bond motifs is 1. The molecule has 6 heteroatoms. The van der Waals surface area contributed by atoms with Crippen molar-refractivity contribution < 1.29 is 19.1 Å². The fraction of sp³-hybridized carbons (Fsp3) is 0.133. The molecule has 0 fully saturated rings. The second-order valence-corrected chi connectivity index (χ2v) is 4.72. The normalized spacial score (nSPS) is 13.1. The quantitative estimate of drug-likeness (QED) is 0.918. The van der Waals surface area contributed by atoms with Crippen molar-refractivity contribution in [3.05, 3.63) is 59.2 Å². The van der Waals surface area contributed by atoms with Crippen LogP contribution in [0.5, 0.6) is 0 Å². The van der Waals surface area contributed by atoms with Crippen molar-refractivity contribution in [2.75, 3.05) is 11.4 Å². The summed E-state index contributed by atoms with van der Waals surface area (Å²) in [6, 6.07) is 7.05. The molecule has 1 aromatic carbocycles. The summed E-state index contributed by atoms with van der Waals surface area (Å²) in [5.74, 6) is -1.87. The predicted molar refractivity (Wildman–Crippen MR) is 73.0 cm³/mol. The maximum atomic E-state index is 13.3. The molecule has 0 bridgehead atoms. The summed E-state index contributed by atoms with van der Waals surface area (Å²) in [5.41, 5.74) is 1.60. The van der Waals surface area contributed by atoms with Crippen LogP contribution in [0.15, 0.2) is 36.5 Å². The Labute approximate surface area is 119 Å². The number of hydrogen-bond donors (Lipinski definition) is 1. The SMILES string of the molecule is O=C(O)c1ccc(C(=O)N2CCc3ccc(F)cc32)nc1. The fourth-order valence-electron chi connectivity index (χ4n) is 2.35. The van der Waals surface area contributed by atoms with E-state index in [2.05, 4.69) is 4.98 Å². The molecule has 1 amide bonds. The van der Waals surface area contributed by atoms with Crippen molar-refractivity contribution in [3.63, 3.8) is 0 Å². The van der Waals surface area contributed by atoms with E-state index in [1.807, 2.05) is 0 Å². The number of carboxylic acid groups (broad SMARTS) is 1. The zero-order chi connectivity index (χ0) is 15.0. The van der Waals surface area contributed by atoms with Gasteiger partial charge in [0.15, 0.2) is 0 Å². The molecule has 1 N–H and O–H groups in total. The van der Waals surface area contributed by atoms with E-state index in [0.29, 0.717) is 18.7 Å². The molecule has 1 aliphatic rings. The Morgan fingerprint density at radius 3 is 2.71 bits per heavy atom. The highest BCUT2D eigenvalue weighted by Gasteiger charge is 2.26. The van der Waals surface area contributed by atoms with Crippen LogP contribution in [0.3, 0.4) is 0 Å². The zero-order valence-electron chi connectivity index (χ0n) is 10.9. The summed E-state index contributed by atoms with van der Waals surface area (Å²) in [5, 5.41) is 8.81. The van der Waals surface area contributed by atoms with Gasteiger partial charge in [0.05, 0.1) is 11.3 Å². The number of aromatic nitrogens is 1. The standard InChI is InChI=1S/C15H11FN2O3/c16-11-3-1-9-5-6-18(13(9)7-11)14(19)12-4-2-10(8-17-12)15(20)21/h1-4,7-8H,5-6H2,(H,20,21). The van der Waals surface area contributed by atoms with E-state index in [1.165, 1.54) is 29.2 Å². The lowest BCUT2D eigenvalue weighted by Crippen LogP contribution is -2.29. The maximum absolute atomic E-state index is 13.3. The monoisotopic (exact) mass is 286 g/mol. The molecule has 0 atom stereocenters. The molecule has 0 saturated heterocycles. The lowest BCUT2D eigenvalue weighted by molar-refractivity contribution is 0.0695. The highest BCUT2D eigenvalue weighted by atomic mass is 19.1. The van der Waals surface area contributed by atoms with Crippen LogP contribution in [0.2, 0.25) is 0 Å². The van der Waals surface area contributed by atoms with Crippen LogP contribution in [0.4, 0.5) is 10.1 Å². The van der Waals surface area contributed by atoms with Gasteiger partial charge in [0.25, 0.3) is 5.91 Å². The third-order valence-corrected chi connectivity index (χ3v) is 3.42. The summed E-state index contributed by atoms with van der Waals surface area (Å²) in [6.45, 7) is 0.458. The minimum absolute atomic E-state index is 0.0133. The molecule has 2 aromatic rings. The number of nitrogens with zero attached hydrogens (tertiary/aromatic N) is 2. The van der Waals surface area contributed by atoms with Crippen LogP contribution >= 0.6 is 0 Å². The number of rotatable bonds is 2. The summed E-state index contributed by atoms with van der Waals surface area (Å²) in [4.78, 5) is 28.5. The number of carboxylic acids is 1. The van der Waals surface area contributed by atoms with E-state index in [1.54, 1.807) is 6.07 Å². The fourth-order valence-corrected chi connectivity index (χ4v) is 2.35. The number of pyridine rings is 1. The van der Waals surface area contributed by atoms with Gasteiger partial charge in [-0.25, -0.2) is 9.18 Å². The molecular weight excluding hydrogens is 275 g/mol. The number of amides is 1. The van der Waals surface area contributed by atoms with E-state index in [9.17, 15) is 14.0 Å². The van der Waals surface area contributed by atoms with Crippen LogP contribution in [0.25, 0.3) is 0 Å². The Morgan fingerprint density at radius 2 is 2.05 bits per heavy atom. The molecule has 0 aliphatic carbocycles. The highest BCUT2D eigenvalue weighted by molar-refractivity contribution is 6.06. The number of carbonyl (C=O) groups is 2. The smallest absolute Gasteiger partial charge is 0.337 e. The molecule has 0 unspecified atom stereocenters. The molecule has 1 aliphatic heterocycles. The molecule has 3 rings (SSSR count). The first-order valence-electron chi connectivity index (χ1n) is 6.36. The first kappa shape index (κ1) is 13.2. The van der Waals surface area contributed by atoms with Crippen molar-refractivity contribution in [2.45, 2.75) is 6.42 Å². The summed E-state index contributed by atoms with van der Waals surface area (Å²) in [7, 11) is 0. The predicted octanol–water partition coefficient (Wildman–Crippen LogP) is 2.12. The average molecular weight is 286 g/mol. The van der Waals surface area contributed by atoms with E-state index in [0.717, 1.165) is 11.8 Å². The van der Waals surface area contributed by atoms with Crippen LogP contribution < -0.4 is 4.90 Å². The van der Waals surface area contributed by atoms with Gasteiger partial charge >= 0.3 is 5.97 Å². The summed E-state index contributed by atoms with van der Waals surface area (Å²) in [6.07, 6.45) is 1.80. The number of benzene rings is 1. The number of aromatic carboxylic acids is 1. The second-order valence-electron chi connectivity index (χ2n) is 4.72. The van der Waals surface area contributed by atoms with Gasteiger partial charge in [-0.1, -0.05) is 6.07 Å². The molecule has 0 spiro atoms. The van der Waals surface area contributed by atoms with Crippen LogP contribution in [0, 0.1) is 5.82 Å². The van der Waals surface area contributed by atoms with E-state index in [4.69, 9.17) is 5.11 Å². The molecular formula is C15H11FN2O3. The Balaban J connectivity index is 1.90. The minimum Gasteiger partial charge on any atom is -0.478 e. The molecule has 2 heterocycles. The van der Waals surface area contributed by atoms with Gasteiger partial charge < -0.3 is 10.0 Å². The van der Waals surface area contributed by atoms with Gasteiger partial charge in [-0.15, -0.1) is 0 Å². The van der Waals surface area contributed by atoms with Gasteiger partial charge in [0.1, 0.15) is 11.5 Å². The lowest BCUT2D eigenvalue weighted by Gasteiger charge is -2.16. The second kappa shape index (κ2) is 4.97. The van der Waals surface area contributed by atoms with E-state index < -0.39 is 11.8 Å². The Bertz CT molecular complexity index is 728. The van der Waals surface area contributed by atoms with Gasteiger partial charge in [0, 0.05) is 12.7 Å². The molecule has 0 saturated carbocycles. The van der Waals surface area contributed by atoms with Crippen molar-refractivity contribution >= 4 is 17.6 Å². The average Bonchev–Trinajstić information content (AvgIpc) is 2.89. The van der Waals surface area contributed by atoms with Gasteiger partial charge in [-0.2, -0.15) is 0 Å². The highest BCUT2D eigenvalue weighted by Crippen LogP contribution is 2.29. The maximum Gasteiger partial charge on any atom is 0.337 e. The van der Waals surface area contributed by atoms with E-state index >= 15 is 0 Å². The third kappa shape index (κ3) is 2.35. The molecule has 0 radical (unpaired) electrons. The molecule has 5 nitrogen and oxygen atoms in total. The Kier molecular flexibility index (Phi) is 3.13. The van der Waals surface area contributed by atoms with Crippen molar-refractivity contribution in [2.24, 2.45) is 0 Å². The number of halogens is 1. The molecule has 21 heavy (non-hydrogen) atoms. The van der Waals surface area contributed by atoms with Crippen molar-refractivity contribution in [1.82, 2.24) is 4.98 Å². The van der Waals surface area contributed by atoms with Gasteiger partial charge in [-0.3, -0.25) is 9.78 Å². The third-order valence-electron chi connectivity index (χ3n) is 3.42. The zero-order valence-corrected chi connectivity index (χ0v) is 10.9. The van der Waals surface area contributed by atoms with Crippen LogP contribution in [0.1, 0.15) is 26.4 Å². The molecule has 106 valence electrons. The van der Waals surface area contributed by atoms with Gasteiger partial charge in [-0.05, 0) is 36.2 Å².